The van der Waals surface area contributed by atoms with E-state index in [0.717, 1.165) is 36.1 Å². The Morgan fingerprint density at radius 2 is 1.76 bits per heavy atom. The highest BCUT2D eigenvalue weighted by atomic mass is 35.5. The average molecular weight is 787 g/mol. The first-order valence-corrected chi connectivity index (χ1v) is 18.5. The largest absolute Gasteiger partial charge is 0.484 e. The van der Waals surface area contributed by atoms with Crippen molar-refractivity contribution in [3.05, 3.63) is 92.6 Å². The summed E-state index contributed by atoms with van der Waals surface area (Å²) in [5, 5.41) is 20.4. The Labute approximate surface area is 320 Å². The number of hydrogen-bond acceptors (Lipinski definition) is 7. The van der Waals surface area contributed by atoms with Gasteiger partial charge in [-0.3, -0.25) is 9.69 Å². The van der Waals surface area contributed by atoms with Crippen LogP contribution in [0.4, 0.5) is 24.2 Å². The van der Waals surface area contributed by atoms with Crippen LogP contribution in [0.15, 0.2) is 54.2 Å². The Bertz CT molecular complexity index is 1980. The molecular formula is C38H39Cl2F2N5O7. The molecule has 54 heavy (non-hydrogen) atoms. The van der Waals surface area contributed by atoms with Crippen LogP contribution < -0.4 is 9.64 Å². The molecule has 2 aromatic carbocycles. The van der Waals surface area contributed by atoms with E-state index in [9.17, 15) is 33.4 Å². The third-order valence-electron chi connectivity index (χ3n) is 10.5. The highest BCUT2D eigenvalue weighted by Crippen LogP contribution is 2.42. The van der Waals surface area contributed by atoms with Gasteiger partial charge in [0.05, 0.1) is 25.2 Å². The first kappa shape index (κ1) is 37.6. The van der Waals surface area contributed by atoms with E-state index >= 15 is 0 Å². The molecule has 0 spiro atoms. The number of nitrogens with zero attached hydrogens (tertiary/aromatic N) is 5. The molecule has 0 unspecified atom stereocenters. The summed E-state index contributed by atoms with van der Waals surface area (Å²) in [6.07, 6.45) is 1.52. The fourth-order valence-electron chi connectivity index (χ4n) is 7.68. The SMILES string of the molecule is COCCc1ccc(Cl)c(CN(C(=O)C2=C(c3ccc(N4CC[C@@H](Oc5c(F)ccc(F)c5Cl)C4)nc3)C[C@H]3CN(C(=O)O)C[C@@H]2N3C(=O)O)C2CC2)c1. The molecule has 3 fully saturated rings. The number of methoxy groups -OCH3 is 1. The van der Waals surface area contributed by atoms with Gasteiger partial charge in [-0.15, -0.1) is 0 Å². The summed E-state index contributed by atoms with van der Waals surface area (Å²) < 4.78 is 39.4. The summed E-state index contributed by atoms with van der Waals surface area (Å²) in [6.45, 7) is 1.30. The van der Waals surface area contributed by atoms with Crippen molar-refractivity contribution >= 4 is 52.7 Å². The van der Waals surface area contributed by atoms with Crippen molar-refractivity contribution in [2.24, 2.45) is 0 Å². The van der Waals surface area contributed by atoms with Gasteiger partial charge in [-0.1, -0.05) is 35.3 Å². The van der Waals surface area contributed by atoms with Gasteiger partial charge in [0.1, 0.15) is 22.8 Å². The lowest BCUT2D eigenvalue weighted by atomic mass is 9.81. The molecule has 286 valence electrons. The highest BCUT2D eigenvalue weighted by molar-refractivity contribution is 6.32. The van der Waals surface area contributed by atoms with Crippen LogP contribution in [-0.4, -0.2) is 112 Å². The molecule has 12 nitrogen and oxygen atoms in total. The van der Waals surface area contributed by atoms with E-state index in [2.05, 4.69) is 0 Å². The number of anilines is 1. The predicted molar refractivity (Wildman–Crippen MR) is 196 cm³/mol. The smallest absolute Gasteiger partial charge is 0.408 e. The van der Waals surface area contributed by atoms with E-state index in [1.807, 2.05) is 23.1 Å². The molecule has 3 aliphatic heterocycles. The summed E-state index contributed by atoms with van der Waals surface area (Å²) in [4.78, 5) is 50.7. The van der Waals surface area contributed by atoms with Crippen molar-refractivity contribution in [3.63, 3.8) is 0 Å². The second-order valence-corrected chi connectivity index (χ2v) is 14.8. The van der Waals surface area contributed by atoms with E-state index < -0.39 is 47.0 Å². The number of ether oxygens (including phenoxy) is 2. The Morgan fingerprint density at radius 1 is 0.981 bits per heavy atom. The molecule has 2 saturated heterocycles. The topological polar surface area (TPSA) is 136 Å². The number of amides is 3. The zero-order chi connectivity index (χ0) is 38.3. The minimum absolute atomic E-state index is 0.0457. The van der Waals surface area contributed by atoms with Gasteiger partial charge in [-0.05, 0) is 78.3 Å². The molecule has 1 aromatic heterocycles. The highest BCUT2D eigenvalue weighted by Gasteiger charge is 2.49. The third-order valence-corrected chi connectivity index (χ3v) is 11.2. The second-order valence-electron chi connectivity index (χ2n) is 14.0. The standard InChI is InChI=1S/C38H39Cl2F2N5O7/c1-53-13-11-21-2-6-28(39)23(14-21)17-46(24-4-5-24)36(48)33-27(15-25-18-45(37(49)50)20-31(33)47(25)38(51)52)22-3-9-32(43-16-22)44-12-10-26(19-44)54-35-30(42)8-7-29(41)34(35)40/h2-3,6-9,14,16,24-26,31H,4-5,10-13,15,17-20H2,1H3,(H,49,50)(H,51,52)/t25-,26+,31-/m0/s1. The van der Waals surface area contributed by atoms with E-state index in [1.165, 1.54) is 9.80 Å². The van der Waals surface area contributed by atoms with Crippen molar-refractivity contribution in [2.45, 2.75) is 62.9 Å². The first-order chi connectivity index (χ1) is 25.9. The summed E-state index contributed by atoms with van der Waals surface area (Å²) in [5.74, 6) is -1.66. The van der Waals surface area contributed by atoms with Gasteiger partial charge in [0.15, 0.2) is 11.6 Å². The van der Waals surface area contributed by atoms with E-state index in [0.29, 0.717) is 54.5 Å². The summed E-state index contributed by atoms with van der Waals surface area (Å²) in [5.41, 5.74) is 3.18. The van der Waals surface area contributed by atoms with Crippen LogP contribution in [0.25, 0.3) is 5.57 Å². The zero-order valence-electron chi connectivity index (χ0n) is 29.4. The summed E-state index contributed by atoms with van der Waals surface area (Å²) in [7, 11) is 1.62. The van der Waals surface area contributed by atoms with Crippen LogP contribution in [0.3, 0.4) is 0 Å². The van der Waals surface area contributed by atoms with E-state index in [4.69, 9.17) is 37.7 Å². The molecule has 1 aliphatic carbocycles. The van der Waals surface area contributed by atoms with Crippen LogP contribution in [0, 0.1) is 11.6 Å². The van der Waals surface area contributed by atoms with Crippen LogP contribution in [0.2, 0.25) is 10.0 Å². The maximum Gasteiger partial charge on any atom is 0.408 e. The molecule has 2 N–H and O–H groups in total. The molecule has 1 saturated carbocycles. The van der Waals surface area contributed by atoms with Crippen LogP contribution >= 0.6 is 23.2 Å². The van der Waals surface area contributed by atoms with Gasteiger partial charge in [-0.25, -0.2) is 23.4 Å². The number of hydrogen-bond donors (Lipinski definition) is 2. The fraction of sp³-hybridized carbons (Fsp3) is 0.421. The van der Waals surface area contributed by atoms with Gasteiger partial charge >= 0.3 is 12.2 Å². The fourth-order valence-corrected chi connectivity index (χ4v) is 8.06. The van der Waals surface area contributed by atoms with Gasteiger partial charge in [0, 0.05) is 62.5 Å². The second kappa shape index (κ2) is 15.6. The average Bonchev–Trinajstić information content (AvgIpc) is 3.89. The van der Waals surface area contributed by atoms with Crippen LogP contribution in [0.1, 0.15) is 42.4 Å². The third kappa shape index (κ3) is 7.64. The van der Waals surface area contributed by atoms with Crippen LogP contribution in [0.5, 0.6) is 5.75 Å². The summed E-state index contributed by atoms with van der Waals surface area (Å²) in [6, 6.07) is 9.30. The molecule has 3 atom stereocenters. The Hall–Kier alpha value is -4.66. The maximum atomic E-state index is 14.9. The molecule has 7 rings (SSSR count). The lowest BCUT2D eigenvalue weighted by Crippen LogP contribution is -2.65. The number of aromatic nitrogens is 1. The van der Waals surface area contributed by atoms with E-state index in [1.54, 1.807) is 30.3 Å². The maximum absolute atomic E-state index is 14.9. The summed E-state index contributed by atoms with van der Waals surface area (Å²) >= 11 is 12.6. The first-order valence-electron chi connectivity index (χ1n) is 17.7. The number of rotatable bonds is 11. The molecule has 3 aromatic rings. The number of carboxylic acid groups (broad SMARTS) is 2. The molecule has 4 heterocycles. The number of piperazine rings is 1. The predicted octanol–water partition coefficient (Wildman–Crippen LogP) is 6.57. The normalized spacial score (nSPS) is 21.1. The Balaban J connectivity index is 1.21. The molecule has 0 radical (unpaired) electrons. The van der Waals surface area contributed by atoms with Crippen LogP contribution in [-0.2, 0) is 22.5 Å². The molecule has 2 bridgehead atoms. The molecular weight excluding hydrogens is 747 g/mol. The molecule has 16 heteroatoms. The Kier molecular flexibility index (Phi) is 10.9. The number of halogens is 4. The number of pyridine rings is 1. The van der Waals surface area contributed by atoms with E-state index in [-0.39, 0.29) is 49.3 Å². The number of fused-ring (bicyclic) bond motifs is 2. The van der Waals surface area contributed by atoms with Crippen molar-refractivity contribution in [3.8, 4) is 5.75 Å². The van der Waals surface area contributed by atoms with Crippen molar-refractivity contribution in [2.75, 3.05) is 44.8 Å². The number of benzene rings is 2. The molecule has 3 amide bonds. The zero-order valence-corrected chi connectivity index (χ0v) is 30.9. The minimum atomic E-state index is -1.23. The number of carbonyl (C=O) groups is 3. The van der Waals surface area contributed by atoms with Crippen molar-refractivity contribution in [1.29, 1.82) is 0 Å². The van der Waals surface area contributed by atoms with Gasteiger partial charge in [0.2, 0.25) is 0 Å². The monoisotopic (exact) mass is 785 g/mol. The lowest BCUT2D eigenvalue weighted by Gasteiger charge is -2.49. The van der Waals surface area contributed by atoms with Crippen molar-refractivity contribution < 1.29 is 42.9 Å². The van der Waals surface area contributed by atoms with Crippen molar-refractivity contribution in [1.82, 2.24) is 19.7 Å². The van der Waals surface area contributed by atoms with Gasteiger partial charge < -0.3 is 34.4 Å². The molecule has 4 aliphatic rings. The Morgan fingerprint density at radius 3 is 2.44 bits per heavy atom. The minimum Gasteiger partial charge on any atom is -0.484 e. The van der Waals surface area contributed by atoms with Gasteiger partial charge in [-0.2, -0.15) is 0 Å². The quantitative estimate of drug-likeness (QED) is 0.207. The number of carbonyl (C=O) groups excluding carboxylic acids is 1. The van der Waals surface area contributed by atoms with Gasteiger partial charge in [0.25, 0.3) is 5.91 Å². The lowest BCUT2D eigenvalue weighted by molar-refractivity contribution is -0.129.